The van der Waals surface area contributed by atoms with E-state index in [1.54, 1.807) is 12.1 Å². The van der Waals surface area contributed by atoms with Gasteiger partial charge < -0.3 is 0 Å². The van der Waals surface area contributed by atoms with Crippen molar-refractivity contribution in [1.29, 1.82) is 0 Å². The Kier molecular flexibility index (Phi) is 3.38. The van der Waals surface area contributed by atoms with Crippen LogP contribution in [0.1, 0.15) is 18.7 Å². The summed E-state index contributed by atoms with van der Waals surface area (Å²) in [5, 5.41) is 0.704. The lowest BCUT2D eigenvalue weighted by Crippen LogP contribution is -1.89. The highest BCUT2D eigenvalue weighted by molar-refractivity contribution is 9.10. The molecule has 0 heterocycles. The van der Waals surface area contributed by atoms with E-state index >= 15 is 0 Å². The molecule has 66 valence electrons. The molecule has 0 spiro atoms. The number of hydrogen-bond donors (Lipinski definition) is 0. The number of benzene rings is 1. The van der Waals surface area contributed by atoms with Gasteiger partial charge in [-0.25, -0.2) is 4.39 Å². The van der Waals surface area contributed by atoms with E-state index in [0.717, 1.165) is 0 Å². The Morgan fingerprint density at radius 1 is 1.42 bits per heavy atom. The summed E-state index contributed by atoms with van der Waals surface area (Å²) in [6.07, 6.45) is -1.15. The summed E-state index contributed by atoms with van der Waals surface area (Å²) in [5.74, 6) is 0. The quantitative estimate of drug-likeness (QED) is 0.645. The molecule has 0 fully saturated rings. The molecular formula is C8H6BrCl2F. The minimum atomic E-state index is -1.15. The molecule has 1 aromatic carbocycles. The van der Waals surface area contributed by atoms with Crippen LogP contribution in [0.4, 0.5) is 4.39 Å². The van der Waals surface area contributed by atoms with Crippen LogP contribution >= 0.6 is 39.1 Å². The predicted octanol–water partition coefficient (Wildman–Crippen LogP) is 4.79. The second-order valence-electron chi connectivity index (χ2n) is 2.37. The van der Waals surface area contributed by atoms with E-state index in [1.807, 2.05) is 0 Å². The molecule has 4 heteroatoms. The zero-order valence-electron chi connectivity index (χ0n) is 6.24. The van der Waals surface area contributed by atoms with Crippen molar-refractivity contribution in [3.05, 3.63) is 32.2 Å². The summed E-state index contributed by atoms with van der Waals surface area (Å²) in [7, 11) is 0. The number of hydrogen-bond acceptors (Lipinski definition) is 0. The molecular weight excluding hydrogens is 266 g/mol. The average molecular weight is 272 g/mol. The van der Waals surface area contributed by atoms with Gasteiger partial charge in [0, 0.05) is 15.1 Å². The van der Waals surface area contributed by atoms with E-state index in [2.05, 4.69) is 15.9 Å². The molecule has 0 aliphatic rings. The molecule has 0 aliphatic carbocycles. The van der Waals surface area contributed by atoms with Crippen molar-refractivity contribution in [2.24, 2.45) is 0 Å². The molecule has 0 aliphatic heterocycles. The summed E-state index contributed by atoms with van der Waals surface area (Å²) < 4.78 is 13.6. The highest BCUT2D eigenvalue weighted by atomic mass is 79.9. The maximum Gasteiger partial charge on any atom is 0.125 e. The Morgan fingerprint density at radius 3 is 2.42 bits per heavy atom. The van der Waals surface area contributed by atoms with Crippen molar-refractivity contribution < 1.29 is 4.39 Å². The summed E-state index contributed by atoms with van der Waals surface area (Å²) in [6.45, 7) is 1.40. The third kappa shape index (κ3) is 1.93. The van der Waals surface area contributed by atoms with Crippen molar-refractivity contribution in [2.45, 2.75) is 13.1 Å². The van der Waals surface area contributed by atoms with Crippen LogP contribution < -0.4 is 0 Å². The highest BCUT2D eigenvalue weighted by Gasteiger charge is 2.14. The lowest BCUT2D eigenvalue weighted by Gasteiger charge is -2.08. The molecule has 0 amide bonds. The maximum absolute atomic E-state index is 12.9. The molecule has 1 atom stereocenters. The van der Waals surface area contributed by atoms with Crippen LogP contribution in [-0.4, -0.2) is 0 Å². The summed E-state index contributed by atoms with van der Waals surface area (Å²) in [5.41, 5.74) is 0.340. The second-order valence-corrected chi connectivity index (χ2v) is 4.01. The van der Waals surface area contributed by atoms with E-state index in [1.165, 1.54) is 6.92 Å². The fourth-order valence-corrected chi connectivity index (χ4v) is 1.92. The summed E-state index contributed by atoms with van der Waals surface area (Å²) >= 11 is 14.8. The first kappa shape index (κ1) is 10.3. The Hall–Kier alpha value is 0.210. The normalized spacial score (nSPS) is 13.1. The van der Waals surface area contributed by atoms with Crippen molar-refractivity contribution in [3.63, 3.8) is 0 Å². The first-order valence-corrected chi connectivity index (χ1v) is 4.86. The lowest BCUT2D eigenvalue weighted by molar-refractivity contribution is 0.374. The van der Waals surface area contributed by atoms with Crippen LogP contribution in [0, 0.1) is 0 Å². The number of halogens is 4. The number of rotatable bonds is 1. The minimum absolute atomic E-state index is 0.340. The molecule has 1 unspecified atom stereocenters. The molecule has 0 radical (unpaired) electrons. The Labute approximate surface area is 88.8 Å². The molecule has 12 heavy (non-hydrogen) atoms. The molecule has 0 N–H and O–H groups in total. The van der Waals surface area contributed by atoms with Crippen LogP contribution in [0.3, 0.4) is 0 Å². The van der Waals surface area contributed by atoms with Gasteiger partial charge in [0.25, 0.3) is 0 Å². The fourth-order valence-electron chi connectivity index (χ4n) is 0.907. The largest absolute Gasteiger partial charge is 0.242 e. The van der Waals surface area contributed by atoms with Crippen LogP contribution in [0.5, 0.6) is 0 Å². The Morgan fingerprint density at radius 2 is 2.00 bits per heavy atom. The van der Waals surface area contributed by atoms with Gasteiger partial charge in [-0.05, 0) is 35.0 Å². The van der Waals surface area contributed by atoms with Gasteiger partial charge >= 0.3 is 0 Å². The van der Waals surface area contributed by atoms with Gasteiger partial charge in [0.15, 0.2) is 0 Å². The summed E-state index contributed by atoms with van der Waals surface area (Å²) in [6, 6.07) is 3.31. The van der Waals surface area contributed by atoms with Gasteiger partial charge in [-0.2, -0.15) is 0 Å². The van der Waals surface area contributed by atoms with Gasteiger partial charge in [-0.15, -0.1) is 0 Å². The first-order chi connectivity index (χ1) is 5.54. The molecule has 0 saturated carbocycles. The van der Waals surface area contributed by atoms with Gasteiger partial charge in [0.2, 0.25) is 0 Å². The smallest absolute Gasteiger partial charge is 0.125 e. The van der Waals surface area contributed by atoms with Crippen LogP contribution in [0.15, 0.2) is 16.6 Å². The van der Waals surface area contributed by atoms with Crippen molar-refractivity contribution in [1.82, 2.24) is 0 Å². The SMILES string of the molecule is CC(F)c1c(Cl)ccc(Br)c1Cl. The first-order valence-electron chi connectivity index (χ1n) is 3.31. The Bertz CT molecular complexity index is 299. The van der Waals surface area contributed by atoms with Gasteiger partial charge in [0.1, 0.15) is 6.17 Å². The maximum atomic E-state index is 12.9. The van der Waals surface area contributed by atoms with Crippen molar-refractivity contribution in [3.8, 4) is 0 Å². The van der Waals surface area contributed by atoms with Gasteiger partial charge in [-0.3, -0.25) is 0 Å². The van der Waals surface area contributed by atoms with Gasteiger partial charge in [-0.1, -0.05) is 23.2 Å². The minimum Gasteiger partial charge on any atom is -0.242 e. The second kappa shape index (κ2) is 3.95. The Balaban J connectivity index is 3.33. The topological polar surface area (TPSA) is 0 Å². The third-order valence-corrected chi connectivity index (χ3v) is 3.10. The fraction of sp³-hybridized carbons (Fsp3) is 0.250. The summed E-state index contributed by atoms with van der Waals surface area (Å²) in [4.78, 5) is 0. The molecule has 1 aromatic rings. The molecule has 0 aromatic heterocycles. The standard InChI is InChI=1S/C8H6BrCl2F/c1-4(12)7-6(10)3-2-5(9)8(7)11/h2-4H,1H3. The van der Waals surface area contributed by atoms with Gasteiger partial charge in [0.05, 0.1) is 5.02 Å². The van der Waals surface area contributed by atoms with E-state index in [0.29, 0.717) is 20.1 Å². The zero-order chi connectivity index (χ0) is 9.30. The van der Waals surface area contributed by atoms with E-state index in [-0.39, 0.29) is 0 Å². The number of alkyl halides is 1. The molecule has 1 rings (SSSR count). The van der Waals surface area contributed by atoms with Crippen LogP contribution in [0.2, 0.25) is 10.0 Å². The monoisotopic (exact) mass is 270 g/mol. The third-order valence-electron chi connectivity index (χ3n) is 1.48. The van der Waals surface area contributed by atoms with E-state index in [9.17, 15) is 4.39 Å². The van der Waals surface area contributed by atoms with Crippen molar-refractivity contribution >= 4 is 39.1 Å². The van der Waals surface area contributed by atoms with Crippen molar-refractivity contribution in [2.75, 3.05) is 0 Å². The average Bonchev–Trinajstić information content (AvgIpc) is 1.97. The van der Waals surface area contributed by atoms with Crippen LogP contribution in [0.25, 0.3) is 0 Å². The zero-order valence-corrected chi connectivity index (χ0v) is 9.34. The predicted molar refractivity (Wildman–Crippen MR) is 53.7 cm³/mol. The highest BCUT2D eigenvalue weighted by Crippen LogP contribution is 2.36. The lowest BCUT2D eigenvalue weighted by atomic mass is 10.1. The van der Waals surface area contributed by atoms with E-state index < -0.39 is 6.17 Å². The molecule has 0 saturated heterocycles. The molecule has 0 bridgehead atoms. The van der Waals surface area contributed by atoms with E-state index in [4.69, 9.17) is 23.2 Å². The van der Waals surface area contributed by atoms with Crippen LogP contribution in [-0.2, 0) is 0 Å². The molecule has 0 nitrogen and oxygen atoms in total.